The molecule has 0 unspecified atom stereocenters. The number of carbonyl (C=O) groups excluding carboxylic acids is 1. The summed E-state index contributed by atoms with van der Waals surface area (Å²) in [6.45, 7) is 2.81. The number of amides is 1. The van der Waals surface area contributed by atoms with Gasteiger partial charge < -0.3 is 14.8 Å². The van der Waals surface area contributed by atoms with Gasteiger partial charge in [-0.25, -0.2) is 0 Å². The molecule has 0 aliphatic carbocycles. The van der Waals surface area contributed by atoms with Gasteiger partial charge in [0.05, 0.1) is 0 Å². The smallest absolute Gasteiger partial charge is 0.307 e. The van der Waals surface area contributed by atoms with Crippen molar-refractivity contribution < 1.29 is 4.79 Å². The highest BCUT2D eigenvalue weighted by Crippen LogP contribution is 2.12. The summed E-state index contributed by atoms with van der Waals surface area (Å²) in [5, 5.41) is 4.70. The molecule has 0 fully saturated rings. The predicted molar refractivity (Wildman–Crippen MR) is 90.5 cm³/mol. The summed E-state index contributed by atoms with van der Waals surface area (Å²) in [6.07, 6.45) is 0.313. The van der Waals surface area contributed by atoms with E-state index in [1.165, 1.54) is 11.3 Å². The first-order valence-corrected chi connectivity index (χ1v) is 8.03. The quantitative estimate of drug-likeness (QED) is 0.886. The van der Waals surface area contributed by atoms with E-state index in [4.69, 9.17) is 0 Å². The molecule has 1 aromatic carbocycles. The molecule has 0 saturated carbocycles. The largest absolute Gasteiger partial charge is 0.378 e. The highest BCUT2D eigenvalue weighted by molar-refractivity contribution is 7.07. The summed E-state index contributed by atoms with van der Waals surface area (Å²) in [4.78, 5) is 25.5. The highest BCUT2D eigenvalue weighted by atomic mass is 32.1. The average molecular weight is 319 g/mol. The molecule has 118 valence electrons. The third kappa shape index (κ3) is 4.21. The lowest BCUT2D eigenvalue weighted by molar-refractivity contribution is -0.121. The van der Waals surface area contributed by atoms with E-state index in [1.807, 2.05) is 55.6 Å². The third-order valence-electron chi connectivity index (χ3n) is 3.48. The molecule has 1 amide bonds. The number of hydrogen-bond donors (Lipinski definition) is 1. The Morgan fingerprint density at radius 1 is 1.27 bits per heavy atom. The van der Waals surface area contributed by atoms with Crippen LogP contribution in [0.1, 0.15) is 17.7 Å². The Hall–Kier alpha value is -2.08. The number of aromatic nitrogens is 1. The summed E-state index contributed by atoms with van der Waals surface area (Å²) in [6, 6.07) is 8.05. The van der Waals surface area contributed by atoms with Crippen molar-refractivity contribution in [3.8, 4) is 0 Å². The molecule has 1 N–H and O–H groups in total. The van der Waals surface area contributed by atoms with Crippen molar-refractivity contribution in [2.75, 3.05) is 19.0 Å². The fourth-order valence-corrected chi connectivity index (χ4v) is 2.85. The maximum atomic E-state index is 11.9. The van der Waals surface area contributed by atoms with Gasteiger partial charge in [-0.05, 0) is 24.6 Å². The summed E-state index contributed by atoms with van der Waals surface area (Å²) in [5.41, 5.74) is 3.09. The summed E-state index contributed by atoms with van der Waals surface area (Å²) in [7, 11) is 3.98. The fraction of sp³-hybridized carbons (Fsp3) is 0.375. The van der Waals surface area contributed by atoms with Crippen molar-refractivity contribution in [2.24, 2.45) is 0 Å². The fourth-order valence-electron chi connectivity index (χ4n) is 2.09. The predicted octanol–water partition coefficient (Wildman–Crippen LogP) is 1.99. The molecule has 0 spiro atoms. The topological polar surface area (TPSA) is 54.3 Å². The third-order valence-corrected chi connectivity index (χ3v) is 4.36. The van der Waals surface area contributed by atoms with E-state index in [-0.39, 0.29) is 10.8 Å². The van der Waals surface area contributed by atoms with Crippen LogP contribution in [-0.4, -0.2) is 24.6 Å². The summed E-state index contributed by atoms with van der Waals surface area (Å²) in [5.74, 6) is -0.0470. The minimum Gasteiger partial charge on any atom is -0.378 e. The second-order valence-electron chi connectivity index (χ2n) is 5.38. The molecule has 1 heterocycles. The van der Waals surface area contributed by atoms with Gasteiger partial charge in [0.2, 0.25) is 5.91 Å². The second-order valence-corrected chi connectivity index (χ2v) is 6.20. The average Bonchev–Trinajstić information content (AvgIpc) is 2.82. The molecule has 0 bridgehead atoms. The van der Waals surface area contributed by atoms with Gasteiger partial charge in [0.25, 0.3) is 0 Å². The number of aryl methyl sites for hydroxylation is 1. The van der Waals surface area contributed by atoms with Crippen molar-refractivity contribution in [1.82, 2.24) is 9.88 Å². The lowest BCUT2D eigenvalue weighted by Gasteiger charge is -2.13. The maximum absolute atomic E-state index is 11.9. The first-order valence-electron chi connectivity index (χ1n) is 7.15. The minimum absolute atomic E-state index is 0.00965. The number of thiazole rings is 1. The van der Waals surface area contributed by atoms with Crippen LogP contribution < -0.4 is 15.1 Å². The van der Waals surface area contributed by atoms with Crippen LogP contribution in [0.4, 0.5) is 5.69 Å². The molecule has 0 aliphatic rings. The van der Waals surface area contributed by atoms with E-state index in [2.05, 4.69) is 5.32 Å². The molecule has 5 nitrogen and oxygen atoms in total. The standard InChI is InChI=1S/C16H21N3O2S/c1-12-11-22-16(21)19(12)9-8-15(20)17-10-13-4-6-14(7-5-13)18(2)3/h4-7,11H,8-10H2,1-3H3,(H,17,20). The van der Waals surface area contributed by atoms with Crippen molar-refractivity contribution in [3.05, 3.63) is 50.6 Å². The van der Waals surface area contributed by atoms with Crippen LogP contribution in [0.5, 0.6) is 0 Å². The van der Waals surface area contributed by atoms with E-state index in [0.29, 0.717) is 19.5 Å². The number of rotatable bonds is 6. The first kappa shape index (κ1) is 16.3. The van der Waals surface area contributed by atoms with Gasteiger partial charge in [-0.15, -0.1) is 0 Å². The SMILES string of the molecule is Cc1csc(=O)n1CCC(=O)NCc1ccc(N(C)C)cc1. The van der Waals surface area contributed by atoms with E-state index in [9.17, 15) is 9.59 Å². The molecule has 2 aromatic rings. The van der Waals surface area contributed by atoms with Crippen molar-refractivity contribution in [2.45, 2.75) is 26.4 Å². The Labute approximate surface area is 134 Å². The van der Waals surface area contributed by atoms with Gasteiger partial charge in [0, 0.05) is 50.4 Å². The normalized spacial score (nSPS) is 10.5. The molecule has 0 radical (unpaired) electrons. The summed E-state index contributed by atoms with van der Waals surface area (Å²) < 4.78 is 1.64. The highest BCUT2D eigenvalue weighted by Gasteiger charge is 2.06. The number of anilines is 1. The van der Waals surface area contributed by atoms with Crippen molar-refractivity contribution in [1.29, 1.82) is 0 Å². The van der Waals surface area contributed by atoms with Crippen LogP contribution in [-0.2, 0) is 17.9 Å². The van der Waals surface area contributed by atoms with Gasteiger partial charge in [0.1, 0.15) is 0 Å². The van der Waals surface area contributed by atoms with Crippen LogP contribution in [0.3, 0.4) is 0 Å². The van der Waals surface area contributed by atoms with E-state index in [1.54, 1.807) is 4.57 Å². The summed E-state index contributed by atoms with van der Waals surface area (Å²) >= 11 is 1.17. The van der Waals surface area contributed by atoms with Crippen LogP contribution in [0.25, 0.3) is 0 Å². The Balaban J connectivity index is 1.81. The Morgan fingerprint density at radius 2 is 1.95 bits per heavy atom. The van der Waals surface area contributed by atoms with Crippen molar-refractivity contribution >= 4 is 22.9 Å². The van der Waals surface area contributed by atoms with Crippen LogP contribution >= 0.6 is 11.3 Å². The Kier molecular flexibility index (Phi) is 5.38. The van der Waals surface area contributed by atoms with E-state index >= 15 is 0 Å². The Morgan fingerprint density at radius 3 is 2.50 bits per heavy atom. The number of nitrogens with one attached hydrogen (secondary N) is 1. The van der Waals surface area contributed by atoms with Gasteiger partial charge in [-0.3, -0.25) is 9.59 Å². The van der Waals surface area contributed by atoms with Gasteiger partial charge in [0.15, 0.2) is 0 Å². The van der Waals surface area contributed by atoms with Crippen LogP contribution in [0, 0.1) is 6.92 Å². The van der Waals surface area contributed by atoms with E-state index < -0.39 is 0 Å². The molecule has 0 saturated heterocycles. The molecule has 2 rings (SSSR count). The monoisotopic (exact) mass is 319 g/mol. The van der Waals surface area contributed by atoms with Gasteiger partial charge in [-0.2, -0.15) is 0 Å². The number of benzene rings is 1. The molecular weight excluding hydrogens is 298 g/mol. The zero-order valence-electron chi connectivity index (χ0n) is 13.1. The van der Waals surface area contributed by atoms with Gasteiger partial charge in [-0.1, -0.05) is 23.5 Å². The lowest BCUT2D eigenvalue weighted by atomic mass is 10.2. The Bertz CT molecular complexity index is 686. The number of nitrogens with zero attached hydrogens (tertiary/aromatic N) is 2. The van der Waals surface area contributed by atoms with E-state index in [0.717, 1.165) is 16.9 Å². The number of hydrogen-bond acceptors (Lipinski definition) is 4. The maximum Gasteiger partial charge on any atom is 0.307 e. The number of carbonyl (C=O) groups is 1. The van der Waals surface area contributed by atoms with Gasteiger partial charge >= 0.3 is 4.87 Å². The first-order chi connectivity index (χ1) is 10.5. The molecule has 6 heteroatoms. The van der Waals surface area contributed by atoms with Crippen molar-refractivity contribution in [3.63, 3.8) is 0 Å². The molecule has 1 aromatic heterocycles. The lowest BCUT2D eigenvalue weighted by Crippen LogP contribution is -2.26. The second kappa shape index (κ2) is 7.26. The molecule has 0 aliphatic heterocycles. The zero-order valence-corrected chi connectivity index (χ0v) is 13.9. The minimum atomic E-state index is -0.0470. The molecular formula is C16H21N3O2S. The van der Waals surface area contributed by atoms with Crippen LogP contribution in [0.15, 0.2) is 34.4 Å². The van der Waals surface area contributed by atoms with Crippen LogP contribution in [0.2, 0.25) is 0 Å². The zero-order chi connectivity index (χ0) is 16.1. The molecule has 0 atom stereocenters. The molecule has 22 heavy (non-hydrogen) atoms.